The van der Waals surface area contributed by atoms with Gasteiger partial charge < -0.3 is 10.0 Å². The normalized spacial score (nSPS) is 23.3. The van der Waals surface area contributed by atoms with Crippen LogP contribution < -0.4 is 4.72 Å². The third kappa shape index (κ3) is 5.67. The van der Waals surface area contributed by atoms with Crippen molar-refractivity contribution in [2.75, 3.05) is 19.6 Å². The van der Waals surface area contributed by atoms with E-state index in [1.54, 1.807) is 4.90 Å². The summed E-state index contributed by atoms with van der Waals surface area (Å²) >= 11 is 0. The van der Waals surface area contributed by atoms with Crippen LogP contribution >= 0.6 is 0 Å². The topological polar surface area (TPSA) is 104 Å². The van der Waals surface area contributed by atoms with Gasteiger partial charge in [-0.3, -0.25) is 9.59 Å². The van der Waals surface area contributed by atoms with Crippen LogP contribution in [0.5, 0.6) is 0 Å². The molecule has 1 heterocycles. The Bertz CT molecular complexity index is 599. The van der Waals surface area contributed by atoms with Gasteiger partial charge in [0.1, 0.15) is 0 Å². The van der Waals surface area contributed by atoms with Gasteiger partial charge in [0.2, 0.25) is 15.9 Å². The Morgan fingerprint density at radius 1 is 1.15 bits per heavy atom. The van der Waals surface area contributed by atoms with Crippen LogP contribution in [0.15, 0.2) is 0 Å². The molecule has 1 saturated carbocycles. The van der Waals surface area contributed by atoms with Gasteiger partial charge in [-0.05, 0) is 38.0 Å². The molecule has 0 aromatic carbocycles. The standard InChI is InChI=1S/C18H32N2O5S/c1-13(2)10-15(18(22)23)11-19-26(24,25)16-8-5-9-20(12-16)17(21)14-6-3-4-7-14/h13-16,19H,3-12H2,1-2H3,(H,22,23). The van der Waals surface area contributed by atoms with Crippen LogP contribution in [0.1, 0.15) is 58.8 Å². The number of rotatable bonds is 8. The Morgan fingerprint density at radius 3 is 2.38 bits per heavy atom. The molecule has 1 aliphatic heterocycles. The second-order valence-corrected chi connectivity index (χ2v) is 10.1. The molecule has 8 heteroatoms. The highest BCUT2D eigenvalue weighted by Gasteiger charge is 2.36. The highest BCUT2D eigenvalue weighted by atomic mass is 32.2. The van der Waals surface area contributed by atoms with Crippen LogP contribution in [-0.2, 0) is 19.6 Å². The number of nitrogens with zero attached hydrogens (tertiary/aromatic N) is 1. The third-order valence-electron chi connectivity index (χ3n) is 5.47. The minimum atomic E-state index is -3.64. The van der Waals surface area contributed by atoms with Gasteiger partial charge in [0, 0.05) is 25.6 Å². The molecule has 2 atom stereocenters. The Kier molecular flexibility index (Phi) is 7.46. The van der Waals surface area contributed by atoms with Crippen molar-refractivity contribution in [3.8, 4) is 0 Å². The highest BCUT2D eigenvalue weighted by molar-refractivity contribution is 7.90. The molecule has 2 fully saturated rings. The van der Waals surface area contributed by atoms with Gasteiger partial charge >= 0.3 is 5.97 Å². The lowest BCUT2D eigenvalue weighted by molar-refractivity contribution is -0.142. The molecule has 1 aliphatic carbocycles. The molecule has 0 aromatic heterocycles. The number of carbonyl (C=O) groups excluding carboxylic acids is 1. The number of likely N-dealkylation sites (tertiary alicyclic amines) is 1. The van der Waals surface area contributed by atoms with E-state index in [2.05, 4.69) is 4.72 Å². The number of amides is 1. The van der Waals surface area contributed by atoms with E-state index >= 15 is 0 Å². The van der Waals surface area contributed by atoms with Crippen molar-refractivity contribution in [1.82, 2.24) is 9.62 Å². The summed E-state index contributed by atoms with van der Waals surface area (Å²) in [5.41, 5.74) is 0. The molecule has 2 unspecified atom stereocenters. The molecule has 7 nitrogen and oxygen atoms in total. The summed E-state index contributed by atoms with van der Waals surface area (Å²) in [6.07, 6.45) is 5.54. The first-order valence-electron chi connectivity index (χ1n) is 9.70. The molecule has 0 radical (unpaired) electrons. The quantitative estimate of drug-likeness (QED) is 0.660. The SMILES string of the molecule is CC(C)CC(CNS(=O)(=O)C1CCCN(C(=O)C2CCCC2)C1)C(=O)O. The van der Waals surface area contributed by atoms with Crippen molar-refractivity contribution >= 4 is 21.9 Å². The van der Waals surface area contributed by atoms with Gasteiger partial charge in [0.25, 0.3) is 0 Å². The number of carboxylic acid groups (broad SMARTS) is 1. The lowest BCUT2D eigenvalue weighted by atomic mass is 9.98. The van der Waals surface area contributed by atoms with E-state index in [0.29, 0.717) is 25.8 Å². The molecule has 0 aromatic rings. The van der Waals surface area contributed by atoms with Crippen molar-refractivity contribution in [2.24, 2.45) is 17.8 Å². The zero-order valence-electron chi connectivity index (χ0n) is 15.8. The molecular formula is C18H32N2O5S. The minimum Gasteiger partial charge on any atom is -0.481 e. The fourth-order valence-corrected chi connectivity index (χ4v) is 5.52. The lowest BCUT2D eigenvalue weighted by Gasteiger charge is -2.34. The maximum absolute atomic E-state index is 12.6. The molecular weight excluding hydrogens is 356 g/mol. The predicted molar refractivity (Wildman–Crippen MR) is 99.1 cm³/mol. The molecule has 26 heavy (non-hydrogen) atoms. The molecule has 2 aliphatic rings. The summed E-state index contributed by atoms with van der Waals surface area (Å²) in [4.78, 5) is 25.6. The van der Waals surface area contributed by atoms with Crippen molar-refractivity contribution in [3.63, 3.8) is 0 Å². The average molecular weight is 389 g/mol. The summed E-state index contributed by atoms with van der Waals surface area (Å²) in [5, 5.41) is 8.62. The third-order valence-corrected chi connectivity index (χ3v) is 7.30. The highest BCUT2D eigenvalue weighted by Crippen LogP contribution is 2.28. The first kappa shape index (κ1) is 21.2. The second-order valence-electron chi connectivity index (χ2n) is 8.09. The summed E-state index contributed by atoms with van der Waals surface area (Å²) in [6, 6.07) is 0. The maximum Gasteiger partial charge on any atom is 0.307 e. The van der Waals surface area contributed by atoms with Crippen molar-refractivity contribution < 1.29 is 23.1 Å². The summed E-state index contributed by atoms with van der Waals surface area (Å²) in [6.45, 7) is 4.57. The van der Waals surface area contributed by atoms with Crippen molar-refractivity contribution in [3.05, 3.63) is 0 Å². The Balaban J connectivity index is 1.94. The van der Waals surface area contributed by atoms with Gasteiger partial charge in [-0.25, -0.2) is 13.1 Å². The number of hydrogen-bond donors (Lipinski definition) is 2. The zero-order chi connectivity index (χ0) is 19.3. The van der Waals surface area contributed by atoms with Gasteiger partial charge in [-0.2, -0.15) is 0 Å². The van der Waals surface area contributed by atoms with E-state index < -0.39 is 27.2 Å². The van der Waals surface area contributed by atoms with Crippen molar-refractivity contribution in [2.45, 2.75) is 64.0 Å². The molecule has 150 valence electrons. The fraction of sp³-hybridized carbons (Fsp3) is 0.889. The average Bonchev–Trinajstić information content (AvgIpc) is 3.12. The zero-order valence-corrected chi connectivity index (χ0v) is 16.6. The van der Waals surface area contributed by atoms with E-state index in [1.807, 2.05) is 13.8 Å². The van der Waals surface area contributed by atoms with E-state index in [1.165, 1.54) is 0 Å². The number of nitrogens with one attached hydrogen (secondary N) is 1. The Hall–Kier alpha value is -1.15. The number of aliphatic carboxylic acids is 1. The molecule has 2 rings (SSSR count). The van der Waals surface area contributed by atoms with E-state index in [9.17, 15) is 23.1 Å². The molecule has 0 spiro atoms. The molecule has 1 amide bonds. The van der Waals surface area contributed by atoms with Crippen molar-refractivity contribution in [1.29, 1.82) is 0 Å². The summed E-state index contributed by atoms with van der Waals surface area (Å²) in [5.74, 6) is -1.40. The largest absolute Gasteiger partial charge is 0.481 e. The van der Waals surface area contributed by atoms with Gasteiger partial charge in [-0.15, -0.1) is 0 Å². The monoisotopic (exact) mass is 388 g/mol. The van der Waals surface area contributed by atoms with Crippen LogP contribution in [0, 0.1) is 17.8 Å². The van der Waals surface area contributed by atoms with Crippen LogP contribution in [0.4, 0.5) is 0 Å². The molecule has 0 bridgehead atoms. The van der Waals surface area contributed by atoms with Gasteiger partial charge in [0.05, 0.1) is 11.2 Å². The fourth-order valence-electron chi connectivity index (χ4n) is 4.00. The second kappa shape index (κ2) is 9.17. The molecule has 2 N–H and O–H groups in total. The lowest BCUT2D eigenvalue weighted by Crippen LogP contribution is -2.50. The van der Waals surface area contributed by atoms with Crippen LogP contribution in [0.2, 0.25) is 0 Å². The first-order chi connectivity index (χ1) is 12.2. The van der Waals surface area contributed by atoms with E-state index in [-0.39, 0.29) is 30.8 Å². The van der Waals surface area contributed by atoms with Crippen LogP contribution in [-0.4, -0.2) is 55.2 Å². The predicted octanol–water partition coefficient (Wildman–Crippen LogP) is 1.83. The van der Waals surface area contributed by atoms with Crippen LogP contribution in [0.3, 0.4) is 0 Å². The Labute approximate surface area is 156 Å². The van der Waals surface area contributed by atoms with Crippen LogP contribution in [0.25, 0.3) is 0 Å². The number of sulfonamides is 1. The minimum absolute atomic E-state index is 0.0480. The van der Waals surface area contributed by atoms with E-state index in [4.69, 9.17) is 0 Å². The number of carboxylic acids is 1. The maximum atomic E-state index is 12.6. The van der Waals surface area contributed by atoms with Gasteiger partial charge in [-0.1, -0.05) is 26.7 Å². The first-order valence-corrected chi connectivity index (χ1v) is 11.3. The Morgan fingerprint density at radius 2 is 1.81 bits per heavy atom. The summed E-state index contributed by atoms with van der Waals surface area (Å²) in [7, 11) is -3.64. The van der Waals surface area contributed by atoms with Gasteiger partial charge in [0.15, 0.2) is 0 Å². The van der Waals surface area contributed by atoms with E-state index in [0.717, 1.165) is 25.7 Å². The number of carbonyl (C=O) groups is 2. The molecule has 1 saturated heterocycles. The smallest absolute Gasteiger partial charge is 0.307 e. The number of piperidine rings is 1. The number of hydrogen-bond acceptors (Lipinski definition) is 4. The summed E-state index contributed by atoms with van der Waals surface area (Å²) < 4.78 is 27.8.